The van der Waals surface area contributed by atoms with Crippen molar-refractivity contribution in [3.8, 4) is 0 Å². The van der Waals surface area contributed by atoms with Gasteiger partial charge in [-0.3, -0.25) is 4.79 Å². The first-order valence-electron chi connectivity index (χ1n) is 7.72. The fourth-order valence-corrected chi connectivity index (χ4v) is 3.87. The molecule has 4 rings (SSSR count). The largest absolute Gasteiger partial charge is 0.335 e. The van der Waals surface area contributed by atoms with Crippen molar-refractivity contribution >= 4 is 5.78 Å². The standard InChI is InChI=1S/C15H23N4O2/c1-17-6-7-18(15(17)11-16-21)5-2-8-19-9-3-13(4-10-19)14(20)12-19/h6-7,11,13H,2-5,8-10,12H2,1H3/q+1/b15-11-. The van der Waals surface area contributed by atoms with Gasteiger partial charge in [-0.1, -0.05) is 0 Å². The lowest BCUT2D eigenvalue weighted by atomic mass is 9.84. The predicted molar refractivity (Wildman–Crippen MR) is 79.6 cm³/mol. The molecule has 6 heteroatoms. The molecule has 0 spiro atoms. The molecule has 0 N–H and O–H groups in total. The Labute approximate surface area is 125 Å². The van der Waals surface area contributed by atoms with E-state index in [1.807, 2.05) is 24.3 Å². The summed E-state index contributed by atoms with van der Waals surface area (Å²) < 4.78 is 0.980. The van der Waals surface area contributed by atoms with Gasteiger partial charge in [0.05, 0.1) is 19.6 Å². The van der Waals surface area contributed by atoms with Crippen molar-refractivity contribution in [3.63, 3.8) is 0 Å². The van der Waals surface area contributed by atoms with Crippen LogP contribution >= 0.6 is 0 Å². The number of fused-ring (bicyclic) bond motifs is 3. The Morgan fingerprint density at radius 3 is 2.81 bits per heavy atom. The maximum atomic E-state index is 12.0. The minimum Gasteiger partial charge on any atom is -0.335 e. The summed E-state index contributed by atoms with van der Waals surface area (Å²) in [4.78, 5) is 26.4. The van der Waals surface area contributed by atoms with E-state index in [1.165, 1.54) is 6.20 Å². The van der Waals surface area contributed by atoms with Gasteiger partial charge >= 0.3 is 0 Å². The highest BCUT2D eigenvalue weighted by atomic mass is 16.2. The van der Waals surface area contributed by atoms with Crippen LogP contribution in [0.3, 0.4) is 0 Å². The Balaban J connectivity index is 1.54. The second kappa shape index (κ2) is 5.60. The first-order valence-corrected chi connectivity index (χ1v) is 7.72. The fraction of sp³-hybridized carbons (Fsp3) is 0.667. The van der Waals surface area contributed by atoms with Crippen molar-refractivity contribution < 1.29 is 9.28 Å². The summed E-state index contributed by atoms with van der Waals surface area (Å²) in [5.41, 5.74) is 0. The average Bonchev–Trinajstić information content (AvgIpc) is 2.82. The van der Waals surface area contributed by atoms with Crippen LogP contribution in [0.5, 0.6) is 0 Å². The van der Waals surface area contributed by atoms with Gasteiger partial charge in [0.15, 0.2) is 5.78 Å². The van der Waals surface area contributed by atoms with Gasteiger partial charge in [0.1, 0.15) is 18.6 Å². The molecule has 3 saturated heterocycles. The number of carbonyl (C=O) groups is 1. The summed E-state index contributed by atoms with van der Waals surface area (Å²) in [7, 11) is 1.91. The number of piperidine rings is 3. The van der Waals surface area contributed by atoms with Gasteiger partial charge in [-0.15, -0.1) is 4.91 Å². The highest BCUT2D eigenvalue weighted by molar-refractivity contribution is 5.83. The van der Waals surface area contributed by atoms with Crippen LogP contribution in [0.1, 0.15) is 19.3 Å². The second-order valence-corrected chi connectivity index (χ2v) is 6.46. The van der Waals surface area contributed by atoms with E-state index in [9.17, 15) is 9.70 Å². The molecule has 0 atom stereocenters. The fourth-order valence-electron chi connectivity index (χ4n) is 3.87. The lowest BCUT2D eigenvalue weighted by Gasteiger charge is -2.48. The highest BCUT2D eigenvalue weighted by Gasteiger charge is 2.44. The minimum absolute atomic E-state index is 0.355. The second-order valence-electron chi connectivity index (χ2n) is 6.46. The first-order chi connectivity index (χ1) is 10.1. The van der Waals surface area contributed by atoms with Gasteiger partial charge < -0.3 is 14.3 Å². The van der Waals surface area contributed by atoms with Crippen LogP contribution in [-0.4, -0.2) is 59.8 Å². The molecule has 6 nitrogen and oxygen atoms in total. The summed E-state index contributed by atoms with van der Waals surface area (Å²) in [6, 6.07) is 0. The van der Waals surface area contributed by atoms with Crippen LogP contribution in [0.4, 0.5) is 0 Å². The summed E-state index contributed by atoms with van der Waals surface area (Å²) in [6.45, 7) is 4.96. The van der Waals surface area contributed by atoms with E-state index in [4.69, 9.17) is 0 Å². The Bertz CT molecular complexity index is 492. The van der Waals surface area contributed by atoms with Crippen molar-refractivity contribution in [1.82, 2.24) is 9.80 Å². The molecule has 4 heterocycles. The van der Waals surface area contributed by atoms with Crippen molar-refractivity contribution in [3.05, 3.63) is 29.3 Å². The topological polar surface area (TPSA) is 53.0 Å². The van der Waals surface area contributed by atoms with Gasteiger partial charge in [-0.25, -0.2) is 0 Å². The molecule has 0 aromatic rings. The van der Waals surface area contributed by atoms with Gasteiger partial charge in [0.25, 0.3) is 0 Å². The van der Waals surface area contributed by atoms with Gasteiger partial charge in [-0.2, -0.15) is 0 Å². The van der Waals surface area contributed by atoms with Crippen LogP contribution in [0.15, 0.2) is 29.6 Å². The number of hydrogen-bond acceptors (Lipinski definition) is 5. The molecule has 0 aromatic heterocycles. The molecule has 3 fully saturated rings. The zero-order valence-corrected chi connectivity index (χ0v) is 12.6. The van der Waals surface area contributed by atoms with Crippen molar-refractivity contribution in [2.45, 2.75) is 19.3 Å². The lowest BCUT2D eigenvalue weighted by molar-refractivity contribution is -0.931. The van der Waals surface area contributed by atoms with E-state index in [0.29, 0.717) is 11.7 Å². The number of ketones is 1. The molecule has 0 amide bonds. The quantitative estimate of drug-likeness (QED) is 0.568. The molecule has 0 radical (unpaired) electrons. The number of nitroso groups, excluding NO2 is 1. The van der Waals surface area contributed by atoms with Crippen LogP contribution in [0.2, 0.25) is 0 Å². The molecular weight excluding hydrogens is 268 g/mol. The molecule has 0 saturated carbocycles. The summed E-state index contributed by atoms with van der Waals surface area (Å²) in [5, 5.41) is 2.88. The number of carbonyl (C=O) groups excluding carboxylic acids is 1. The Morgan fingerprint density at radius 1 is 1.38 bits per heavy atom. The predicted octanol–water partition coefficient (Wildman–Crippen LogP) is 1.47. The molecule has 0 aromatic carbocycles. The molecule has 0 unspecified atom stereocenters. The third-order valence-corrected chi connectivity index (χ3v) is 5.18. The first kappa shape index (κ1) is 14.3. The van der Waals surface area contributed by atoms with E-state index in [-0.39, 0.29) is 0 Å². The van der Waals surface area contributed by atoms with Gasteiger partial charge in [-0.05, 0) is 5.18 Å². The van der Waals surface area contributed by atoms with Crippen LogP contribution in [-0.2, 0) is 4.79 Å². The van der Waals surface area contributed by atoms with Gasteiger partial charge in [0, 0.05) is 51.2 Å². The van der Waals surface area contributed by atoms with E-state index in [2.05, 4.69) is 10.1 Å². The monoisotopic (exact) mass is 291 g/mol. The van der Waals surface area contributed by atoms with Crippen molar-refractivity contribution in [2.75, 3.05) is 39.8 Å². The van der Waals surface area contributed by atoms with Crippen LogP contribution < -0.4 is 0 Å². The molecule has 114 valence electrons. The van der Waals surface area contributed by atoms with E-state index in [1.54, 1.807) is 0 Å². The molecule has 2 bridgehead atoms. The maximum Gasteiger partial charge on any atom is 0.190 e. The summed E-state index contributed by atoms with van der Waals surface area (Å²) in [6.07, 6.45) is 8.43. The Kier molecular flexibility index (Phi) is 3.80. The van der Waals surface area contributed by atoms with Crippen LogP contribution in [0, 0.1) is 10.8 Å². The molecule has 21 heavy (non-hydrogen) atoms. The third-order valence-electron chi connectivity index (χ3n) is 5.18. The smallest absolute Gasteiger partial charge is 0.190 e. The van der Waals surface area contributed by atoms with E-state index < -0.39 is 0 Å². The molecular formula is C15H23N4O2+. The Hall–Kier alpha value is -1.69. The van der Waals surface area contributed by atoms with E-state index >= 15 is 0 Å². The summed E-state index contributed by atoms with van der Waals surface area (Å²) >= 11 is 0. The number of rotatable bonds is 5. The zero-order chi connectivity index (χ0) is 14.9. The molecule has 4 aliphatic heterocycles. The third kappa shape index (κ3) is 2.72. The SMILES string of the molecule is CN1C=CN(CCC[N+]23CCC(CC2)C(=O)C3)/C1=C\N=O. The van der Waals surface area contributed by atoms with Crippen molar-refractivity contribution in [1.29, 1.82) is 0 Å². The van der Waals surface area contributed by atoms with Gasteiger partial charge in [0.2, 0.25) is 0 Å². The molecule has 0 aliphatic carbocycles. The Morgan fingerprint density at radius 2 is 2.14 bits per heavy atom. The van der Waals surface area contributed by atoms with Crippen LogP contribution in [0.25, 0.3) is 0 Å². The zero-order valence-electron chi connectivity index (χ0n) is 12.6. The van der Waals surface area contributed by atoms with Crippen molar-refractivity contribution in [2.24, 2.45) is 11.1 Å². The summed E-state index contributed by atoms with van der Waals surface area (Å²) in [5.74, 6) is 1.64. The van der Waals surface area contributed by atoms with E-state index in [0.717, 1.165) is 62.3 Å². The minimum atomic E-state index is 0.355. The normalized spacial score (nSPS) is 33.3. The number of nitrogens with zero attached hydrogens (tertiary/aromatic N) is 4. The highest BCUT2D eigenvalue weighted by Crippen LogP contribution is 2.31. The maximum absolute atomic E-state index is 12.0. The molecule has 4 aliphatic rings. The number of quaternary nitrogens is 1. The average molecular weight is 291 g/mol. The lowest BCUT2D eigenvalue weighted by Crippen LogP contribution is -2.62. The number of hydrogen-bond donors (Lipinski definition) is 0. The number of Topliss-reactive ketones (excluding diaryl/α,β-unsaturated/α-hetero) is 1.